The van der Waals surface area contributed by atoms with Crippen LogP contribution in [0.5, 0.6) is 11.5 Å². The molecule has 1 aromatic carbocycles. The summed E-state index contributed by atoms with van der Waals surface area (Å²) >= 11 is 0. The number of benzene rings is 1. The summed E-state index contributed by atoms with van der Waals surface area (Å²) in [5, 5.41) is 12.9. The molecule has 0 aliphatic carbocycles. The first kappa shape index (κ1) is 13.9. The molecule has 2 rings (SSSR count). The van der Waals surface area contributed by atoms with Crippen molar-refractivity contribution in [1.82, 2.24) is 5.16 Å². The number of nitrogens with zero attached hydrogens (tertiary/aromatic N) is 1. The van der Waals surface area contributed by atoms with E-state index in [2.05, 4.69) is 5.16 Å². The van der Waals surface area contributed by atoms with Gasteiger partial charge in [0.25, 0.3) is 0 Å². The Bertz CT molecular complexity index is 605. The van der Waals surface area contributed by atoms with E-state index in [0.717, 1.165) is 5.69 Å². The third-order valence-electron chi connectivity index (χ3n) is 2.54. The number of carboxylic acid groups (broad SMARTS) is 1. The Balaban J connectivity index is 2.25. The van der Waals surface area contributed by atoms with Gasteiger partial charge in [-0.1, -0.05) is 11.2 Å². The molecule has 0 fully saturated rings. The van der Waals surface area contributed by atoms with Gasteiger partial charge in [0, 0.05) is 6.07 Å². The first-order valence-electron chi connectivity index (χ1n) is 6.16. The molecule has 0 atom stereocenters. The highest BCUT2D eigenvalue weighted by Gasteiger charge is 2.17. The molecule has 6 heteroatoms. The van der Waals surface area contributed by atoms with E-state index >= 15 is 0 Å². The fourth-order valence-electron chi connectivity index (χ4n) is 1.73. The van der Waals surface area contributed by atoms with Gasteiger partial charge in [0.05, 0.1) is 12.3 Å². The van der Waals surface area contributed by atoms with Gasteiger partial charge in [-0.15, -0.1) is 0 Å². The zero-order chi connectivity index (χ0) is 14.5. The summed E-state index contributed by atoms with van der Waals surface area (Å²) in [4.78, 5) is 11.2. The molecule has 1 aromatic heterocycles. The molecule has 0 unspecified atom stereocenters. The van der Waals surface area contributed by atoms with E-state index in [1.807, 2.05) is 6.92 Å². The molecule has 0 saturated carbocycles. The van der Waals surface area contributed by atoms with Gasteiger partial charge in [-0.05, 0) is 26.0 Å². The molecular weight excluding hydrogens is 262 g/mol. The van der Waals surface area contributed by atoms with Crippen LogP contribution in [0.25, 0.3) is 0 Å². The highest BCUT2D eigenvalue weighted by Crippen LogP contribution is 2.32. The van der Waals surface area contributed by atoms with Crippen LogP contribution in [0.2, 0.25) is 0 Å². The number of carbonyl (C=O) groups is 1. The van der Waals surface area contributed by atoms with Crippen molar-refractivity contribution in [1.29, 1.82) is 0 Å². The highest BCUT2D eigenvalue weighted by molar-refractivity contribution is 5.92. The molecule has 0 aliphatic rings. The Labute approximate surface area is 115 Å². The fraction of sp³-hybridized carbons (Fsp3) is 0.286. The molecule has 2 aromatic rings. The summed E-state index contributed by atoms with van der Waals surface area (Å²) in [5.74, 6) is 0.0278. The molecule has 0 aliphatic heterocycles. The summed E-state index contributed by atoms with van der Waals surface area (Å²) in [6, 6.07) is 6.46. The van der Waals surface area contributed by atoms with Crippen molar-refractivity contribution >= 4 is 5.97 Å². The monoisotopic (exact) mass is 277 g/mol. The Hall–Kier alpha value is -2.50. The number of aromatic carboxylic acids is 1. The smallest absolute Gasteiger partial charge is 0.339 e. The Morgan fingerprint density at radius 3 is 2.80 bits per heavy atom. The average molecular weight is 277 g/mol. The van der Waals surface area contributed by atoms with Gasteiger partial charge in [0.15, 0.2) is 17.3 Å². The quantitative estimate of drug-likeness (QED) is 0.874. The fourth-order valence-corrected chi connectivity index (χ4v) is 1.73. The second-order valence-corrected chi connectivity index (χ2v) is 4.09. The number of aryl methyl sites for hydroxylation is 1. The molecule has 106 valence electrons. The van der Waals surface area contributed by atoms with E-state index in [-0.39, 0.29) is 17.9 Å². The van der Waals surface area contributed by atoms with Gasteiger partial charge in [-0.2, -0.15) is 0 Å². The SMILES string of the molecule is CCOc1cccc(C(=O)O)c1OCc1cc(C)no1. The van der Waals surface area contributed by atoms with Crippen LogP contribution in [-0.4, -0.2) is 22.8 Å². The van der Waals surface area contributed by atoms with Gasteiger partial charge in [0.2, 0.25) is 0 Å². The number of rotatable bonds is 6. The van der Waals surface area contributed by atoms with E-state index in [9.17, 15) is 9.90 Å². The molecule has 0 spiro atoms. The lowest BCUT2D eigenvalue weighted by Gasteiger charge is -2.13. The summed E-state index contributed by atoms with van der Waals surface area (Å²) in [7, 11) is 0. The van der Waals surface area contributed by atoms with Gasteiger partial charge in [-0.25, -0.2) is 4.79 Å². The first-order valence-corrected chi connectivity index (χ1v) is 6.16. The first-order chi connectivity index (χ1) is 9.61. The molecule has 1 N–H and O–H groups in total. The van der Waals surface area contributed by atoms with Crippen LogP contribution in [-0.2, 0) is 6.61 Å². The van der Waals surface area contributed by atoms with Gasteiger partial charge in [0.1, 0.15) is 12.2 Å². The average Bonchev–Trinajstić information content (AvgIpc) is 2.83. The van der Waals surface area contributed by atoms with Crippen molar-refractivity contribution in [3.05, 3.63) is 41.3 Å². The van der Waals surface area contributed by atoms with Gasteiger partial charge < -0.3 is 19.1 Å². The maximum absolute atomic E-state index is 11.2. The number of para-hydroxylation sites is 1. The lowest BCUT2D eigenvalue weighted by Crippen LogP contribution is -2.05. The molecule has 20 heavy (non-hydrogen) atoms. The van der Waals surface area contributed by atoms with Crippen LogP contribution >= 0.6 is 0 Å². The Kier molecular flexibility index (Phi) is 4.24. The van der Waals surface area contributed by atoms with Crippen LogP contribution in [0.1, 0.15) is 28.7 Å². The largest absolute Gasteiger partial charge is 0.490 e. The summed E-state index contributed by atoms with van der Waals surface area (Å²) in [5.41, 5.74) is 0.785. The van der Waals surface area contributed by atoms with Crippen molar-refractivity contribution in [3.63, 3.8) is 0 Å². The lowest BCUT2D eigenvalue weighted by molar-refractivity contribution is 0.0690. The van der Waals surface area contributed by atoms with E-state index in [4.69, 9.17) is 14.0 Å². The lowest BCUT2D eigenvalue weighted by atomic mass is 10.2. The van der Waals surface area contributed by atoms with Crippen LogP contribution in [0.15, 0.2) is 28.8 Å². The van der Waals surface area contributed by atoms with E-state index in [1.165, 1.54) is 6.07 Å². The number of hydrogen-bond donors (Lipinski definition) is 1. The number of hydrogen-bond acceptors (Lipinski definition) is 5. The van der Waals surface area contributed by atoms with Gasteiger partial charge >= 0.3 is 5.97 Å². The standard InChI is InChI=1S/C14H15NO5/c1-3-18-12-6-4-5-11(14(16)17)13(12)19-8-10-7-9(2)15-20-10/h4-7H,3,8H2,1-2H3,(H,16,17). The van der Waals surface area contributed by atoms with Crippen LogP contribution in [0, 0.1) is 6.92 Å². The third-order valence-corrected chi connectivity index (χ3v) is 2.54. The zero-order valence-electron chi connectivity index (χ0n) is 11.3. The van der Waals surface area contributed by atoms with E-state index in [1.54, 1.807) is 25.1 Å². The van der Waals surface area contributed by atoms with Crippen LogP contribution in [0.4, 0.5) is 0 Å². The molecule has 1 heterocycles. The number of aromatic nitrogens is 1. The zero-order valence-corrected chi connectivity index (χ0v) is 11.3. The van der Waals surface area contributed by atoms with Gasteiger partial charge in [-0.3, -0.25) is 0 Å². The predicted molar refractivity (Wildman–Crippen MR) is 70.1 cm³/mol. The molecule has 6 nitrogen and oxygen atoms in total. The normalized spacial score (nSPS) is 10.3. The van der Waals surface area contributed by atoms with Crippen molar-refractivity contribution in [2.75, 3.05) is 6.61 Å². The van der Waals surface area contributed by atoms with Crippen molar-refractivity contribution in [2.24, 2.45) is 0 Å². The van der Waals surface area contributed by atoms with E-state index in [0.29, 0.717) is 18.1 Å². The third kappa shape index (κ3) is 3.09. The van der Waals surface area contributed by atoms with Crippen LogP contribution in [0.3, 0.4) is 0 Å². The summed E-state index contributed by atoms with van der Waals surface area (Å²) in [6.07, 6.45) is 0. The minimum atomic E-state index is -1.07. The maximum atomic E-state index is 11.2. The summed E-state index contributed by atoms with van der Waals surface area (Å²) in [6.45, 7) is 4.12. The predicted octanol–water partition coefficient (Wildman–Crippen LogP) is 2.66. The van der Waals surface area contributed by atoms with Crippen LogP contribution < -0.4 is 9.47 Å². The number of carboxylic acids is 1. The van der Waals surface area contributed by atoms with Crippen molar-refractivity contribution in [3.8, 4) is 11.5 Å². The molecule has 0 radical (unpaired) electrons. The summed E-state index contributed by atoms with van der Waals surface area (Å²) < 4.78 is 16.0. The highest BCUT2D eigenvalue weighted by atomic mass is 16.5. The second kappa shape index (κ2) is 6.10. The minimum absolute atomic E-state index is 0.0483. The topological polar surface area (TPSA) is 81.8 Å². The molecule has 0 saturated heterocycles. The molecular formula is C14H15NO5. The Morgan fingerprint density at radius 2 is 2.20 bits per heavy atom. The molecule has 0 amide bonds. The van der Waals surface area contributed by atoms with Crippen molar-refractivity contribution < 1.29 is 23.9 Å². The molecule has 0 bridgehead atoms. The minimum Gasteiger partial charge on any atom is -0.490 e. The van der Waals surface area contributed by atoms with E-state index < -0.39 is 5.97 Å². The second-order valence-electron chi connectivity index (χ2n) is 4.09. The maximum Gasteiger partial charge on any atom is 0.339 e. The van der Waals surface area contributed by atoms with Crippen molar-refractivity contribution in [2.45, 2.75) is 20.5 Å². The Morgan fingerprint density at radius 1 is 1.40 bits per heavy atom. The number of ether oxygens (including phenoxy) is 2.